The van der Waals surface area contributed by atoms with Gasteiger partial charge in [-0.15, -0.1) is 35.3 Å². The number of aliphatic imine (C=N–C) groups is 1. The van der Waals surface area contributed by atoms with Gasteiger partial charge in [0.1, 0.15) is 5.75 Å². The Morgan fingerprint density at radius 1 is 1.17 bits per heavy atom. The highest BCUT2D eigenvalue weighted by Crippen LogP contribution is 2.11. The van der Waals surface area contributed by atoms with Crippen LogP contribution in [-0.4, -0.2) is 24.2 Å². The first-order valence-corrected chi connectivity index (χ1v) is 8.48. The van der Waals surface area contributed by atoms with Gasteiger partial charge in [0.2, 0.25) is 0 Å². The van der Waals surface area contributed by atoms with E-state index in [1.165, 1.54) is 10.4 Å². The molecule has 0 amide bonds. The molecule has 0 atom stereocenters. The molecule has 4 nitrogen and oxygen atoms in total. The number of aryl methyl sites for hydroxylation is 1. The molecule has 3 N–H and O–H groups in total. The molecule has 0 aliphatic rings. The van der Waals surface area contributed by atoms with Crippen molar-refractivity contribution in [2.75, 3.05) is 13.1 Å². The topological polar surface area (TPSA) is 56.7 Å². The fourth-order valence-corrected chi connectivity index (χ4v) is 2.69. The van der Waals surface area contributed by atoms with Gasteiger partial charge in [0.15, 0.2) is 5.96 Å². The summed E-state index contributed by atoms with van der Waals surface area (Å²) in [6, 6.07) is 11.5. The minimum absolute atomic E-state index is 0. The molecule has 0 bridgehead atoms. The Balaban J connectivity index is 0.00000264. The standard InChI is InChI=1S/C17H23N3OS.HI/c1-2-18-17(20-13-16-6-4-12-22-16)19-11-3-5-14-7-9-15(21)10-8-14;/h4,6-10,12,21H,2-3,5,11,13H2,1H3,(H2,18,19,20);1H. The van der Waals surface area contributed by atoms with Gasteiger partial charge in [-0.05, 0) is 48.9 Å². The number of halogens is 1. The fraction of sp³-hybridized carbons (Fsp3) is 0.353. The van der Waals surface area contributed by atoms with Crippen LogP contribution in [-0.2, 0) is 13.0 Å². The second-order valence-electron chi connectivity index (χ2n) is 4.97. The smallest absolute Gasteiger partial charge is 0.191 e. The van der Waals surface area contributed by atoms with E-state index in [0.29, 0.717) is 12.3 Å². The molecule has 1 heterocycles. The van der Waals surface area contributed by atoms with Gasteiger partial charge in [0, 0.05) is 18.0 Å². The Hall–Kier alpha value is -1.28. The molecule has 0 radical (unpaired) electrons. The van der Waals surface area contributed by atoms with Gasteiger partial charge >= 0.3 is 0 Å². The van der Waals surface area contributed by atoms with Crippen molar-refractivity contribution in [1.29, 1.82) is 0 Å². The molecule has 0 saturated heterocycles. The minimum atomic E-state index is 0. The van der Waals surface area contributed by atoms with Crippen molar-refractivity contribution in [3.8, 4) is 5.75 Å². The van der Waals surface area contributed by atoms with E-state index in [9.17, 15) is 5.11 Å². The van der Waals surface area contributed by atoms with E-state index in [1.54, 1.807) is 23.5 Å². The Morgan fingerprint density at radius 3 is 2.61 bits per heavy atom. The van der Waals surface area contributed by atoms with E-state index in [0.717, 1.165) is 31.9 Å². The summed E-state index contributed by atoms with van der Waals surface area (Å²) in [6.07, 6.45) is 2.01. The summed E-state index contributed by atoms with van der Waals surface area (Å²) in [4.78, 5) is 5.85. The highest BCUT2D eigenvalue weighted by atomic mass is 127. The summed E-state index contributed by atoms with van der Waals surface area (Å²) in [5.74, 6) is 1.18. The SMILES string of the molecule is CCNC(=NCc1cccs1)NCCCc1ccc(O)cc1.I. The number of nitrogens with zero attached hydrogens (tertiary/aromatic N) is 1. The van der Waals surface area contributed by atoms with Crippen molar-refractivity contribution in [1.82, 2.24) is 10.6 Å². The lowest BCUT2D eigenvalue weighted by molar-refractivity contribution is 0.475. The molecule has 126 valence electrons. The van der Waals surface area contributed by atoms with Crippen LogP contribution in [0.15, 0.2) is 46.8 Å². The van der Waals surface area contributed by atoms with Crippen LogP contribution >= 0.6 is 35.3 Å². The third-order valence-electron chi connectivity index (χ3n) is 3.19. The van der Waals surface area contributed by atoms with Gasteiger partial charge in [-0.2, -0.15) is 0 Å². The van der Waals surface area contributed by atoms with Gasteiger partial charge in [0.05, 0.1) is 6.54 Å². The second-order valence-corrected chi connectivity index (χ2v) is 6.00. The zero-order valence-electron chi connectivity index (χ0n) is 13.3. The summed E-state index contributed by atoms with van der Waals surface area (Å²) in [5, 5.41) is 18.0. The Morgan fingerprint density at radius 2 is 1.96 bits per heavy atom. The van der Waals surface area contributed by atoms with Gasteiger partial charge in [-0.3, -0.25) is 0 Å². The lowest BCUT2D eigenvalue weighted by Crippen LogP contribution is -2.37. The number of hydrogen-bond donors (Lipinski definition) is 3. The number of thiophene rings is 1. The molecular weight excluding hydrogens is 421 g/mol. The van der Waals surface area contributed by atoms with Gasteiger partial charge in [0.25, 0.3) is 0 Å². The van der Waals surface area contributed by atoms with Crippen LogP contribution in [0.3, 0.4) is 0 Å². The van der Waals surface area contributed by atoms with Crippen LogP contribution in [0, 0.1) is 0 Å². The number of hydrogen-bond acceptors (Lipinski definition) is 3. The normalized spacial score (nSPS) is 10.9. The fourth-order valence-electron chi connectivity index (χ4n) is 2.06. The van der Waals surface area contributed by atoms with E-state index >= 15 is 0 Å². The summed E-state index contributed by atoms with van der Waals surface area (Å²) < 4.78 is 0. The highest BCUT2D eigenvalue weighted by Gasteiger charge is 1.99. The highest BCUT2D eigenvalue weighted by molar-refractivity contribution is 14.0. The molecule has 0 unspecified atom stereocenters. The third kappa shape index (κ3) is 7.69. The maximum Gasteiger partial charge on any atom is 0.191 e. The van der Waals surface area contributed by atoms with E-state index < -0.39 is 0 Å². The molecule has 1 aromatic heterocycles. The molecule has 1 aromatic carbocycles. The average molecular weight is 445 g/mol. The zero-order valence-corrected chi connectivity index (χ0v) is 16.4. The van der Waals surface area contributed by atoms with Crippen LogP contribution in [0.2, 0.25) is 0 Å². The van der Waals surface area contributed by atoms with Gasteiger partial charge < -0.3 is 15.7 Å². The molecule has 6 heteroatoms. The van der Waals surface area contributed by atoms with Crippen LogP contribution in [0.5, 0.6) is 5.75 Å². The zero-order chi connectivity index (χ0) is 15.6. The molecule has 0 fully saturated rings. The third-order valence-corrected chi connectivity index (χ3v) is 4.05. The molecule has 0 aliphatic carbocycles. The monoisotopic (exact) mass is 445 g/mol. The average Bonchev–Trinajstić information content (AvgIpc) is 3.04. The Kier molecular flexibility index (Phi) is 9.70. The predicted octanol–water partition coefficient (Wildman–Crippen LogP) is 3.76. The molecule has 23 heavy (non-hydrogen) atoms. The minimum Gasteiger partial charge on any atom is -0.508 e. The van der Waals surface area contributed by atoms with E-state index in [2.05, 4.69) is 34.0 Å². The summed E-state index contributed by atoms with van der Waals surface area (Å²) in [5.41, 5.74) is 1.24. The molecule has 0 spiro atoms. The number of phenolic OH excluding ortho intramolecular Hbond substituents is 1. The largest absolute Gasteiger partial charge is 0.508 e. The van der Waals surface area contributed by atoms with Crippen LogP contribution < -0.4 is 10.6 Å². The Bertz CT molecular complexity index is 570. The number of phenols is 1. The second kappa shape index (κ2) is 11.3. The van der Waals surface area contributed by atoms with Gasteiger partial charge in [-0.1, -0.05) is 18.2 Å². The first kappa shape index (κ1) is 19.8. The molecule has 0 saturated carbocycles. The first-order chi connectivity index (χ1) is 10.8. The van der Waals surface area contributed by atoms with E-state index in [4.69, 9.17) is 0 Å². The summed E-state index contributed by atoms with van der Waals surface area (Å²) in [7, 11) is 0. The van der Waals surface area contributed by atoms with Crippen molar-refractivity contribution in [3.63, 3.8) is 0 Å². The number of aromatic hydroxyl groups is 1. The summed E-state index contributed by atoms with van der Waals surface area (Å²) in [6.45, 7) is 4.51. The maximum atomic E-state index is 9.26. The van der Waals surface area contributed by atoms with Crippen molar-refractivity contribution >= 4 is 41.3 Å². The lowest BCUT2D eigenvalue weighted by Gasteiger charge is -2.11. The molecule has 0 aliphatic heterocycles. The van der Waals surface area contributed by atoms with Crippen molar-refractivity contribution < 1.29 is 5.11 Å². The number of benzene rings is 1. The van der Waals surface area contributed by atoms with Crippen LogP contribution in [0.1, 0.15) is 23.8 Å². The molecular formula is C17H24IN3OS. The Labute approximate surface area is 159 Å². The molecule has 2 aromatic rings. The van der Waals surface area contributed by atoms with E-state index in [-0.39, 0.29) is 24.0 Å². The van der Waals surface area contributed by atoms with Crippen molar-refractivity contribution in [2.45, 2.75) is 26.3 Å². The number of guanidine groups is 1. The predicted molar refractivity (Wildman–Crippen MR) is 109 cm³/mol. The quantitative estimate of drug-likeness (QED) is 0.263. The lowest BCUT2D eigenvalue weighted by atomic mass is 10.1. The summed E-state index contributed by atoms with van der Waals surface area (Å²) >= 11 is 1.73. The van der Waals surface area contributed by atoms with E-state index in [1.807, 2.05) is 18.2 Å². The van der Waals surface area contributed by atoms with Crippen molar-refractivity contribution in [2.24, 2.45) is 4.99 Å². The molecule has 2 rings (SSSR count). The maximum absolute atomic E-state index is 9.26. The number of nitrogens with one attached hydrogen (secondary N) is 2. The van der Waals surface area contributed by atoms with Crippen LogP contribution in [0.4, 0.5) is 0 Å². The van der Waals surface area contributed by atoms with Crippen molar-refractivity contribution in [3.05, 3.63) is 52.2 Å². The van der Waals surface area contributed by atoms with Gasteiger partial charge in [-0.25, -0.2) is 4.99 Å². The first-order valence-electron chi connectivity index (χ1n) is 7.60. The van der Waals surface area contributed by atoms with Crippen LogP contribution in [0.25, 0.3) is 0 Å². The number of rotatable bonds is 7.